The third kappa shape index (κ3) is 3.48. The van der Waals surface area contributed by atoms with Crippen molar-refractivity contribution in [3.8, 4) is 11.5 Å². The van der Waals surface area contributed by atoms with Gasteiger partial charge in [-0.3, -0.25) is 14.2 Å². The molecule has 0 amide bonds. The molecular weight excluding hydrogens is 400 g/mol. The fraction of sp³-hybridized carbons (Fsp3) is 0.174. The average molecular weight is 420 g/mol. The molecule has 6 nitrogen and oxygen atoms in total. The fourth-order valence-corrected chi connectivity index (χ4v) is 4.68. The number of hydrogen-bond acceptors (Lipinski definition) is 6. The van der Waals surface area contributed by atoms with Crippen LogP contribution in [0.3, 0.4) is 0 Å². The molecule has 152 valence electrons. The van der Waals surface area contributed by atoms with Crippen LogP contribution in [0.25, 0.3) is 6.08 Å². The van der Waals surface area contributed by atoms with E-state index in [0.717, 1.165) is 5.56 Å². The van der Waals surface area contributed by atoms with E-state index >= 15 is 0 Å². The van der Waals surface area contributed by atoms with Gasteiger partial charge in [0.15, 0.2) is 10.6 Å². The van der Waals surface area contributed by atoms with Crippen molar-refractivity contribution in [3.63, 3.8) is 0 Å². The first-order valence-corrected chi connectivity index (χ1v) is 10.2. The number of methoxy groups -OCH3 is 1. The maximum atomic E-state index is 13.3. The summed E-state index contributed by atoms with van der Waals surface area (Å²) in [5.74, 6) is 0.696. The molecule has 0 saturated heterocycles. The largest absolute Gasteiger partial charge is 0.508 e. The van der Waals surface area contributed by atoms with Crippen molar-refractivity contribution in [2.75, 3.05) is 7.11 Å². The summed E-state index contributed by atoms with van der Waals surface area (Å²) in [6.45, 7) is 3.28. The Labute approximate surface area is 176 Å². The highest BCUT2D eigenvalue weighted by Gasteiger charge is 2.30. The van der Waals surface area contributed by atoms with E-state index in [1.807, 2.05) is 30.3 Å². The summed E-state index contributed by atoms with van der Waals surface area (Å²) in [6.07, 6.45) is 1.72. The van der Waals surface area contributed by atoms with Gasteiger partial charge in [-0.2, -0.15) is 0 Å². The molecule has 0 unspecified atom stereocenters. The Hall–Kier alpha value is -3.45. The highest BCUT2D eigenvalue weighted by molar-refractivity contribution is 7.07. The van der Waals surface area contributed by atoms with E-state index in [0.29, 0.717) is 31.9 Å². The molecule has 0 radical (unpaired) electrons. The molecule has 2 aromatic carbocycles. The van der Waals surface area contributed by atoms with Crippen molar-refractivity contribution in [3.05, 3.63) is 90.6 Å². The van der Waals surface area contributed by atoms with Gasteiger partial charge in [0.1, 0.15) is 11.5 Å². The van der Waals surface area contributed by atoms with Crippen LogP contribution in [0, 0.1) is 0 Å². The van der Waals surface area contributed by atoms with Gasteiger partial charge in [0.25, 0.3) is 5.56 Å². The van der Waals surface area contributed by atoms with Gasteiger partial charge in [0.05, 0.1) is 17.7 Å². The number of rotatable bonds is 4. The number of nitrogens with zero attached hydrogens (tertiary/aromatic N) is 2. The van der Waals surface area contributed by atoms with E-state index in [1.165, 1.54) is 18.3 Å². The number of ether oxygens (including phenoxy) is 1. The molecule has 0 spiro atoms. The standard InChI is InChI=1S/C23H20N2O4S/c1-13-20(14(2)26)21(16-7-9-18(29-3)10-8-16)25-22(28)19(30-23(25)24-13)12-15-5-4-6-17(27)11-15/h4-12,21,27H,1-3H3/b19-12+/t21-/m0/s1. The van der Waals surface area contributed by atoms with Crippen LogP contribution < -0.4 is 19.6 Å². The number of Topliss-reactive ketones (excluding diaryl/α,β-unsaturated/α-hetero) is 1. The third-order valence-corrected chi connectivity index (χ3v) is 5.98. The summed E-state index contributed by atoms with van der Waals surface area (Å²) in [7, 11) is 1.59. The van der Waals surface area contributed by atoms with Gasteiger partial charge in [0.2, 0.25) is 0 Å². The van der Waals surface area contributed by atoms with Crippen molar-refractivity contribution >= 4 is 23.2 Å². The maximum Gasteiger partial charge on any atom is 0.271 e. The van der Waals surface area contributed by atoms with E-state index in [1.54, 1.807) is 42.9 Å². The molecular formula is C23H20N2O4S. The molecule has 0 aliphatic carbocycles. The topological polar surface area (TPSA) is 80.9 Å². The van der Waals surface area contributed by atoms with Crippen molar-refractivity contribution in [2.24, 2.45) is 4.99 Å². The number of benzene rings is 2. The molecule has 1 N–H and O–H groups in total. The van der Waals surface area contributed by atoms with E-state index in [2.05, 4.69) is 4.99 Å². The molecule has 1 aliphatic rings. The third-order valence-electron chi connectivity index (χ3n) is 5.00. The summed E-state index contributed by atoms with van der Waals surface area (Å²) in [6, 6.07) is 13.5. The predicted molar refractivity (Wildman–Crippen MR) is 116 cm³/mol. The smallest absolute Gasteiger partial charge is 0.271 e. The summed E-state index contributed by atoms with van der Waals surface area (Å²) < 4.78 is 7.29. The number of fused-ring (bicyclic) bond motifs is 1. The van der Waals surface area contributed by atoms with Crippen molar-refractivity contribution < 1.29 is 14.6 Å². The van der Waals surface area contributed by atoms with Gasteiger partial charge in [-0.1, -0.05) is 35.6 Å². The number of hydrogen-bond donors (Lipinski definition) is 1. The second-order valence-electron chi connectivity index (χ2n) is 7.01. The van der Waals surface area contributed by atoms with E-state index in [-0.39, 0.29) is 17.1 Å². The lowest BCUT2D eigenvalue weighted by Gasteiger charge is -2.24. The number of phenols is 1. The Morgan fingerprint density at radius 1 is 1.23 bits per heavy atom. The van der Waals surface area contributed by atoms with Gasteiger partial charge in [-0.15, -0.1) is 0 Å². The van der Waals surface area contributed by atoms with E-state index in [4.69, 9.17) is 4.74 Å². The van der Waals surface area contributed by atoms with E-state index in [9.17, 15) is 14.7 Å². The van der Waals surface area contributed by atoms with Crippen molar-refractivity contribution in [1.29, 1.82) is 0 Å². The lowest BCUT2D eigenvalue weighted by atomic mass is 9.93. The molecule has 0 saturated carbocycles. The normalized spacial score (nSPS) is 16.2. The number of aromatic nitrogens is 1. The lowest BCUT2D eigenvalue weighted by molar-refractivity contribution is -0.114. The molecule has 4 rings (SSSR count). The fourth-order valence-electron chi connectivity index (χ4n) is 3.64. The molecule has 30 heavy (non-hydrogen) atoms. The second-order valence-corrected chi connectivity index (χ2v) is 8.02. The molecule has 2 heterocycles. The zero-order valence-corrected chi connectivity index (χ0v) is 17.6. The average Bonchev–Trinajstić information content (AvgIpc) is 3.01. The number of aromatic hydroxyl groups is 1. The van der Waals surface area contributed by atoms with Crippen LogP contribution in [0.4, 0.5) is 0 Å². The van der Waals surface area contributed by atoms with Gasteiger partial charge >= 0.3 is 0 Å². The maximum absolute atomic E-state index is 13.3. The Balaban J connectivity index is 1.96. The monoisotopic (exact) mass is 420 g/mol. The van der Waals surface area contributed by atoms with Gasteiger partial charge in [0, 0.05) is 11.3 Å². The van der Waals surface area contributed by atoms with Crippen molar-refractivity contribution in [2.45, 2.75) is 19.9 Å². The van der Waals surface area contributed by atoms with Crippen LogP contribution in [0.1, 0.15) is 31.0 Å². The first kappa shape index (κ1) is 19.8. The van der Waals surface area contributed by atoms with Crippen LogP contribution in [-0.4, -0.2) is 22.6 Å². The number of ketones is 1. The molecule has 1 atom stereocenters. The van der Waals surface area contributed by atoms with Gasteiger partial charge in [-0.05, 0) is 55.3 Å². The Bertz CT molecular complexity index is 1350. The lowest BCUT2D eigenvalue weighted by Crippen LogP contribution is -2.39. The molecule has 0 bridgehead atoms. The van der Waals surface area contributed by atoms with Crippen LogP contribution in [-0.2, 0) is 4.79 Å². The Morgan fingerprint density at radius 3 is 2.60 bits per heavy atom. The minimum Gasteiger partial charge on any atom is -0.508 e. The van der Waals surface area contributed by atoms with Gasteiger partial charge in [-0.25, -0.2) is 4.99 Å². The summed E-state index contributed by atoms with van der Waals surface area (Å²) in [4.78, 5) is 30.9. The second kappa shape index (κ2) is 7.76. The number of phenolic OH excluding ortho intramolecular Hbond substituents is 1. The number of carbonyl (C=O) groups excluding carboxylic acids is 1. The number of carbonyl (C=O) groups is 1. The van der Waals surface area contributed by atoms with Crippen LogP contribution >= 0.6 is 11.3 Å². The predicted octanol–water partition coefficient (Wildman–Crippen LogP) is 2.54. The highest BCUT2D eigenvalue weighted by atomic mass is 32.1. The highest BCUT2D eigenvalue weighted by Crippen LogP contribution is 2.31. The molecule has 1 aliphatic heterocycles. The van der Waals surface area contributed by atoms with Crippen LogP contribution in [0.15, 0.2) is 69.6 Å². The van der Waals surface area contributed by atoms with Gasteiger partial charge < -0.3 is 9.84 Å². The Kier molecular flexibility index (Phi) is 5.13. The molecule has 1 aromatic heterocycles. The number of allylic oxidation sites excluding steroid dienone is 2. The summed E-state index contributed by atoms with van der Waals surface area (Å²) in [5, 5.41) is 9.71. The van der Waals surface area contributed by atoms with Crippen molar-refractivity contribution in [1.82, 2.24) is 4.57 Å². The van der Waals surface area contributed by atoms with Crippen LogP contribution in [0.2, 0.25) is 0 Å². The summed E-state index contributed by atoms with van der Waals surface area (Å²) in [5.41, 5.74) is 2.39. The minimum absolute atomic E-state index is 0.126. The zero-order chi connectivity index (χ0) is 21.4. The molecule has 7 heteroatoms. The zero-order valence-electron chi connectivity index (χ0n) is 16.7. The van der Waals surface area contributed by atoms with E-state index < -0.39 is 6.04 Å². The van der Waals surface area contributed by atoms with Crippen LogP contribution in [0.5, 0.6) is 11.5 Å². The SMILES string of the molecule is COc1ccc([C@H]2C(C(C)=O)=C(C)N=c3s/c(=C/c4cccc(O)c4)c(=O)n32)cc1. The first-order valence-electron chi connectivity index (χ1n) is 9.35. The molecule has 3 aromatic rings. The number of thiazole rings is 1. The quantitative estimate of drug-likeness (QED) is 0.703. The minimum atomic E-state index is -0.559. The first-order chi connectivity index (χ1) is 14.4. The molecule has 0 fully saturated rings. The summed E-state index contributed by atoms with van der Waals surface area (Å²) >= 11 is 1.26. The Morgan fingerprint density at radius 2 is 1.97 bits per heavy atom.